The summed E-state index contributed by atoms with van der Waals surface area (Å²) in [6.07, 6.45) is 4.87. The molecule has 0 saturated carbocycles. The highest BCUT2D eigenvalue weighted by Gasteiger charge is 1.76. The van der Waals surface area contributed by atoms with Gasteiger partial charge < -0.3 is 4.20 Å². The van der Waals surface area contributed by atoms with Gasteiger partial charge >= 0.3 is 15.5 Å². The van der Waals surface area contributed by atoms with Gasteiger partial charge in [-0.2, -0.15) is 4.20 Å². The Bertz CT molecular complexity index is 161. The van der Waals surface area contributed by atoms with Gasteiger partial charge in [0.2, 0.25) is 0 Å². The Labute approximate surface area is 73.2 Å². The molecule has 0 amide bonds. The van der Waals surface area contributed by atoms with E-state index in [1.165, 1.54) is 6.33 Å². The van der Waals surface area contributed by atoms with Crippen LogP contribution in [0, 0.1) is 15.5 Å². The molecular formula is C4H4Br2N2O2. The lowest BCUT2D eigenvalue weighted by Gasteiger charge is -1.79. The van der Waals surface area contributed by atoms with Crippen LogP contribution in [-0.2, 0) is 0 Å². The van der Waals surface area contributed by atoms with E-state index in [0.29, 0.717) is 0 Å². The van der Waals surface area contributed by atoms with E-state index in [0.717, 1.165) is 4.47 Å². The second-order valence-electron chi connectivity index (χ2n) is 1.13. The standard InChI is InChI=1S/C4H3BrN2.BrHO2/c5-4-1-6-3-7-2-4;2-1-3/h1-3H;2H. The molecule has 0 spiro atoms. The minimum absolute atomic E-state index is 0.912. The summed E-state index contributed by atoms with van der Waals surface area (Å²) in [5.74, 6) is 0. The van der Waals surface area contributed by atoms with E-state index in [1.807, 2.05) is 0 Å². The molecule has 56 valence electrons. The minimum atomic E-state index is -1.19. The summed E-state index contributed by atoms with van der Waals surface area (Å²) in [5.41, 5.74) is 0. The maximum atomic E-state index is 8.52. The quantitative estimate of drug-likeness (QED) is 0.690. The van der Waals surface area contributed by atoms with Crippen LogP contribution in [0.4, 0.5) is 0 Å². The molecular weight excluding hydrogens is 268 g/mol. The number of rotatable bonds is 0. The normalized spacial score (nSPS) is 7.90. The fourth-order valence-corrected chi connectivity index (χ4v) is 0.517. The second kappa shape index (κ2) is 7.07. The van der Waals surface area contributed by atoms with Gasteiger partial charge in [0, 0.05) is 12.4 Å². The third-order valence-electron chi connectivity index (χ3n) is 0.529. The van der Waals surface area contributed by atoms with Crippen molar-refractivity contribution in [1.82, 2.24) is 9.97 Å². The molecule has 1 N–H and O–H groups in total. The summed E-state index contributed by atoms with van der Waals surface area (Å²) in [7, 11) is 0. The highest BCUT2D eigenvalue weighted by Crippen LogP contribution is 2.00. The number of hydrogen-bond donors (Lipinski definition) is 1. The molecule has 0 aliphatic carbocycles. The van der Waals surface area contributed by atoms with E-state index in [-0.39, 0.29) is 0 Å². The van der Waals surface area contributed by atoms with Crippen LogP contribution < -0.4 is 4.20 Å². The third kappa shape index (κ3) is 6.09. The summed E-state index contributed by atoms with van der Waals surface area (Å²) in [6.45, 7) is 0. The van der Waals surface area contributed by atoms with E-state index in [2.05, 4.69) is 25.9 Å². The van der Waals surface area contributed by atoms with Crippen LogP contribution in [0.3, 0.4) is 0 Å². The lowest BCUT2D eigenvalue weighted by Crippen LogP contribution is -1.94. The molecule has 1 heterocycles. The van der Waals surface area contributed by atoms with Crippen molar-refractivity contribution in [2.45, 2.75) is 0 Å². The lowest BCUT2D eigenvalue weighted by molar-refractivity contribution is -1.27. The molecule has 0 saturated heterocycles. The number of hydrogen-bond acceptors (Lipinski definition) is 4. The SMILES string of the molecule is Brc1cncnc1.[O-][Br+]O. The van der Waals surface area contributed by atoms with E-state index >= 15 is 0 Å². The van der Waals surface area contributed by atoms with Crippen molar-refractivity contribution in [2.24, 2.45) is 0 Å². The Morgan fingerprint density at radius 3 is 2.10 bits per heavy atom. The van der Waals surface area contributed by atoms with Crippen LogP contribution >= 0.6 is 15.9 Å². The molecule has 1 aromatic heterocycles. The van der Waals surface area contributed by atoms with Gasteiger partial charge in [0.1, 0.15) is 6.33 Å². The Morgan fingerprint density at radius 2 is 1.90 bits per heavy atom. The molecule has 0 aromatic carbocycles. The second-order valence-corrected chi connectivity index (χ2v) is 2.33. The van der Waals surface area contributed by atoms with Crippen molar-refractivity contribution in [1.29, 1.82) is 0 Å². The van der Waals surface area contributed by atoms with Gasteiger partial charge in [-0.1, -0.05) is 0 Å². The Kier molecular flexibility index (Phi) is 7.04. The average molecular weight is 272 g/mol. The molecule has 0 aliphatic heterocycles. The number of halogens is 2. The topological polar surface area (TPSA) is 69.1 Å². The Hall–Kier alpha value is -0.0400. The van der Waals surface area contributed by atoms with Gasteiger partial charge in [-0.05, 0) is 15.9 Å². The van der Waals surface area contributed by atoms with Crippen molar-refractivity contribution in [3.63, 3.8) is 0 Å². The van der Waals surface area contributed by atoms with Crippen LogP contribution in [0.2, 0.25) is 0 Å². The fraction of sp³-hybridized carbons (Fsp3) is 0. The zero-order chi connectivity index (χ0) is 7.82. The van der Waals surface area contributed by atoms with Gasteiger partial charge in [-0.15, -0.1) is 0 Å². The highest BCUT2D eigenvalue weighted by molar-refractivity contribution is 9.10. The van der Waals surface area contributed by atoms with Gasteiger partial charge in [0.15, 0.2) is 0 Å². The van der Waals surface area contributed by atoms with Crippen LogP contribution in [-0.4, -0.2) is 14.2 Å². The molecule has 0 fully saturated rings. The predicted octanol–water partition coefficient (Wildman–Crippen LogP) is -0.507. The smallest absolute Gasteiger partial charge is 0.417 e. The van der Waals surface area contributed by atoms with E-state index < -0.39 is 15.5 Å². The van der Waals surface area contributed by atoms with Crippen molar-refractivity contribution in [2.75, 3.05) is 0 Å². The van der Waals surface area contributed by atoms with Crippen LogP contribution in [0.15, 0.2) is 23.2 Å². The van der Waals surface area contributed by atoms with Crippen molar-refractivity contribution < 1.29 is 23.9 Å². The summed E-state index contributed by atoms with van der Waals surface area (Å²) < 4.78 is 16.5. The maximum Gasteiger partial charge on any atom is 0.417 e. The maximum absolute atomic E-state index is 8.52. The molecule has 0 unspecified atom stereocenters. The first-order chi connectivity index (χ1) is 4.81. The zero-order valence-corrected chi connectivity index (χ0v) is 7.91. The van der Waals surface area contributed by atoms with Gasteiger partial charge in [0.05, 0.1) is 4.47 Å². The number of aromatic nitrogens is 2. The first-order valence-electron chi connectivity index (χ1n) is 2.12. The largest absolute Gasteiger partial charge is 0.551 e. The summed E-state index contributed by atoms with van der Waals surface area (Å²) in [4.78, 5) is 7.45. The van der Waals surface area contributed by atoms with Gasteiger partial charge in [0.25, 0.3) is 0 Å². The Morgan fingerprint density at radius 1 is 1.50 bits per heavy atom. The molecule has 6 heteroatoms. The van der Waals surface area contributed by atoms with Crippen LogP contribution in [0.25, 0.3) is 0 Å². The molecule has 1 aromatic rings. The predicted molar refractivity (Wildman–Crippen MR) is 32.0 cm³/mol. The summed E-state index contributed by atoms with van der Waals surface area (Å²) in [6, 6.07) is 0. The fourth-order valence-electron chi connectivity index (χ4n) is 0.281. The highest BCUT2D eigenvalue weighted by atomic mass is 79.9. The molecule has 4 nitrogen and oxygen atoms in total. The monoisotopic (exact) mass is 270 g/mol. The third-order valence-corrected chi connectivity index (χ3v) is 0.939. The van der Waals surface area contributed by atoms with Crippen molar-refractivity contribution >= 4 is 15.9 Å². The molecule has 0 aliphatic rings. The summed E-state index contributed by atoms with van der Waals surface area (Å²) in [5, 5.41) is 0. The van der Waals surface area contributed by atoms with Gasteiger partial charge in [-0.3, -0.25) is 0 Å². The zero-order valence-electron chi connectivity index (χ0n) is 4.74. The molecule has 1 rings (SSSR count). The van der Waals surface area contributed by atoms with Crippen molar-refractivity contribution in [3.05, 3.63) is 23.2 Å². The minimum Gasteiger partial charge on any atom is -0.551 e. The Balaban J connectivity index is 0.000000236. The lowest BCUT2D eigenvalue weighted by atomic mass is 10.7. The molecule has 0 bridgehead atoms. The first-order valence-corrected chi connectivity index (χ1v) is 4.27. The van der Waals surface area contributed by atoms with E-state index in [1.54, 1.807) is 12.4 Å². The van der Waals surface area contributed by atoms with E-state index in [4.69, 9.17) is 8.40 Å². The van der Waals surface area contributed by atoms with E-state index in [9.17, 15) is 0 Å². The molecule has 10 heavy (non-hydrogen) atoms. The first kappa shape index (κ1) is 9.96. The van der Waals surface area contributed by atoms with Gasteiger partial charge in [-0.25, -0.2) is 9.97 Å². The average Bonchev–Trinajstić information content (AvgIpc) is 1.91. The van der Waals surface area contributed by atoms with Crippen molar-refractivity contribution in [3.8, 4) is 0 Å². The summed E-state index contributed by atoms with van der Waals surface area (Å²) >= 11 is 2.00. The number of nitrogens with zero attached hydrogens (tertiary/aromatic N) is 2. The molecule has 0 atom stereocenters. The van der Waals surface area contributed by atoms with Crippen LogP contribution in [0.1, 0.15) is 0 Å². The van der Waals surface area contributed by atoms with Crippen LogP contribution in [0.5, 0.6) is 0 Å². The molecule has 0 radical (unpaired) electrons.